The lowest BCUT2D eigenvalue weighted by molar-refractivity contribution is -0.150. The average Bonchev–Trinajstić information content (AvgIpc) is 2.43. The normalized spacial score (nSPS) is 10.8. The van der Waals surface area contributed by atoms with Crippen LogP contribution in [0.3, 0.4) is 0 Å². The molecule has 0 atom stereocenters. The van der Waals surface area contributed by atoms with E-state index in [0.29, 0.717) is 5.92 Å². The zero-order valence-corrected chi connectivity index (χ0v) is 14.8. The number of benzene rings is 1. The Morgan fingerprint density at radius 3 is 1.61 bits per heavy atom. The van der Waals surface area contributed by atoms with E-state index in [0.717, 1.165) is 5.56 Å². The van der Waals surface area contributed by atoms with Crippen LogP contribution < -0.4 is 0 Å². The van der Waals surface area contributed by atoms with Crippen molar-refractivity contribution in [1.82, 2.24) is 0 Å². The maximum Gasteiger partial charge on any atom is 0.345 e. The van der Waals surface area contributed by atoms with E-state index in [-0.39, 0.29) is 17.8 Å². The van der Waals surface area contributed by atoms with E-state index >= 15 is 0 Å². The summed E-state index contributed by atoms with van der Waals surface area (Å²) in [5.74, 6) is -0.915. The first-order valence-electron chi connectivity index (χ1n) is 7.94. The van der Waals surface area contributed by atoms with E-state index in [2.05, 4.69) is 13.8 Å². The van der Waals surface area contributed by atoms with Gasteiger partial charge in [-0.15, -0.1) is 0 Å². The van der Waals surface area contributed by atoms with Gasteiger partial charge < -0.3 is 9.47 Å². The molecular weight excluding hydrogens is 292 g/mol. The van der Waals surface area contributed by atoms with Crippen molar-refractivity contribution < 1.29 is 19.1 Å². The van der Waals surface area contributed by atoms with Gasteiger partial charge in [0.1, 0.15) is 5.57 Å². The average molecular weight is 318 g/mol. The van der Waals surface area contributed by atoms with Crippen molar-refractivity contribution in [2.75, 3.05) is 0 Å². The lowest BCUT2D eigenvalue weighted by Gasteiger charge is -2.13. The van der Waals surface area contributed by atoms with Crippen LogP contribution in [-0.2, 0) is 19.1 Å². The number of hydrogen-bond acceptors (Lipinski definition) is 4. The number of carbonyl (C=O) groups excluding carboxylic acids is 2. The Labute approximate surface area is 138 Å². The lowest BCUT2D eigenvalue weighted by Crippen LogP contribution is -2.23. The van der Waals surface area contributed by atoms with Gasteiger partial charge in [0.25, 0.3) is 0 Å². The monoisotopic (exact) mass is 318 g/mol. The van der Waals surface area contributed by atoms with Crippen LogP contribution in [0.5, 0.6) is 0 Å². The smallest absolute Gasteiger partial charge is 0.345 e. The van der Waals surface area contributed by atoms with Crippen LogP contribution in [0.4, 0.5) is 0 Å². The maximum absolute atomic E-state index is 12.2. The first kappa shape index (κ1) is 18.9. The molecule has 0 N–H and O–H groups in total. The molecule has 0 aromatic heterocycles. The molecule has 0 heterocycles. The molecule has 0 amide bonds. The Balaban J connectivity index is 3.11. The van der Waals surface area contributed by atoms with Gasteiger partial charge in [-0.2, -0.15) is 0 Å². The first-order chi connectivity index (χ1) is 10.7. The number of esters is 2. The summed E-state index contributed by atoms with van der Waals surface area (Å²) in [4.78, 5) is 24.3. The quantitative estimate of drug-likeness (QED) is 0.343. The molecule has 1 aromatic carbocycles. The molecule has 1 rings (SSSR count). The van der Waals surface area contributed by atoms with Crippen molar-refractivity contribution in [3.05, 3.63) is 41.0 Å². The van der Waals surface area contributed by atoms with Gasteiger partial charge in [-0.3, -0.25) is 0 Å². The minimum Gasteiger partial charge on any atom is -0.459 e. The van der Waals surface area contributed by atoms with Crippen LogP contribution in [0.25, 0.3) is 6.08 Å². The van der Waals surface area contributed by atoms with Gasteiger partial charge in [0.05, 0.1) is 12.2 Å². The van der Waals surface area contributed by atoms with Crippen molar-refractivity contribution in [2.24, 2.45) is 0 Å². The third-order valence-corrected chi connectivity index (χ3v) is 3.04. The van der Waals surface area contributed by atoms with E-state index < -0.39 is 11.9 Å². The molecule has 4 nitrogen and oxygen atoms in total. The van der Waals surface area contributed by atoms with Gasteiger partial charge in [0.2, 0.25) is 0 Å². The lowest BCUT2D eigenvalue weighted by atomic mass is 10.0. The first-order valence-corrected chi connectivity index (χ1v) is 7.94. The van der Waals surface area contributed by atoms with E-state index in [4.69, 9.17) is 9.47 Å². The Hall–Kier alpha value is -2.10. The van der Waals surface area contributed by atoms with Crippen molar-refractivity contribution in [3.63, 3.8) is 0 Å². The Morgan fingerprint density at radius 2 is 1.26 bits per heavy atom. The van der Waals surface area contributed by atoms with Crippen molar-refractivity contribution in [3.8, 4) is 0 Å². The third-order valence-electron chi connectivity index (χ3n) is 3.04. The van der Waals surface area contributed by atoms with Crippen LogP contribution in [-0.4, -0.2) is 24.1 Å². The highest BCUT2D eigenvalue weighted by Gasteiger charge is 2.23. The molecular formula is C19H26O4. The molecule has 0 radical (unpaired) electrons. The topological polar surface area (TPSA) is 52.6 Å². The Bertz CT molecular complexity index is 542. The summed E-state index contributed by atoms with van der Waals surface area (Å²) < 4.78 is 10.3. The molecule has 0 unspecified atom stereocenters. The highest BCUT2D eigenvalue weighted by atomic mass is 16.6. The highest BCUT2D eigenvalue weighted by Crippen LogP contribution is 2.17. The number of ether oxygens (including phenoxy) is 2. The van der Waals surface area contributed by atoms with Gasteiger partial charge in [0.15, 0.2) is 0 Å². The zero-order valence-electron chi connectivity index (χ0n) is 14.8. The predicted octanol–water partition coefficient (Wildman–Crippen LogP) is 4.10. The van der Waals surface area contributed by atoms with Gasteiger partial charge >= 0.3 is 11.9 Å². The van der Waals surface area contributed by atoms with Crippen LogP contribution in [0.2, 0.25) is 0 Å². The molecule has 0 spiro atoms. The van der Waals surface area contributed by atoms with Crippen LogP contribution in [0.1, 0.15) is 58.6 Å². The molecule has 0 aliphatic carbocycles. The van der Waals surface area contributed by atoms with E-state index in [9.17, 15) is 9.59 Å². The Morgan fingerprint density at radius 1 is 0.826 bits per heavy atom. The van der Waals surface area contributed by atoms with Crippen molar-refractivity contribution in [2.45, 2.75) is 59.7 Å². The molecule has 0 aliphatic rings. The fraction of sp³-hybridized carbons (Fsp3) is 0.474. The van der Waals surface area contributed by atoms with Crippen molar-refractivity contribution in [1.29, 1.82) is 0 Å². The molecule has 0 fully saturated rings. The summed E-state index contributed by atoms with van der Waals surface area (Å²) in [5.41, 5.74) is 1.86. The van der Waals surface area contributed by atoms with Crippen molar-refractivity contribution >= 4 is 18.0 Å². The van der Waals surface area contributed by atoms with E-state index in [1.54, 1.807) is 27.7 Å². The minimum atomic E-state index is -0.668. The summed E-state index contributed by atoms with van der Waals surface area (Å²) in [5, 5.41) is 0. The summed E-state index contributed by atoms with van der Waals surface area (Å²) in [6.07, 6.45) is 0.904. The molecule has 0 saturated heterocycles. The number of rotatable bonds is 6. The second-order valence-corrected chi connectivity index (χ2v) is 6.29. The van der Waals surface area contributed by atoms with E-state index in [1.165, 1.54) is 11.6 Å². The summed E-state index contributed by atoms with van der Waals surface area (Å²) in [7, 11) is 0. The highest BCUT2D eigenvalue weighted by molar-refractivity contribution is 6.17. The van der Waals surface area contributed by atoms with Crippen LogP contribution >= 0.6 is 0 Å². The van der Waals surface area contributed by atoms with Gasteiger partial charge in [-0.05, 0) is 50.8 Å². The molecule has 0 saturated carbocycles. The van der Waals surface area contributed by atoms with E-state index in [1.807, 2.05) is 24.3 Å². The molecule has 0 aliphatic heterocycles. The summed E-state index contributed by atoms with van der Waals surface area (Å²) in [6, 6.07) is 7.71. The van der Waals surface area contributed by atoms with Crippen LogP contribution in [0, 0.1) is 0 Å². The maximum atomic E-state index is 12.2. The SMILES string of the molecule is CC(C)OC(=O)C(=Cc1ccc(C(C)C)cc1)C(=O)OC(C)C. The Kier molecular flexibility index (Phi) is 7.01. The molecule has 23 heavy (non-hydrogen) atoms. The van der Waals surface area contributed by atoms with Gasteiger partial charge in [-0.25, -0.2) is 9.59 Å². The zero-order chi connectivity index (χ0) is 17.6. The largest absolute Gasteiger partial charge is 0.459 e. The van der Waals surface area contributed by atoms with Gasteiger partial charge in [-0.1, -0.05) is 38.1 Å². The number of hydrogen-bond donors (Lipinski definition) is 0. The molecule has 126 valence electrons. The second-order valence-electron chi connectivity index (χ2n) is 6.29. The fourth-order valence-electron chi connectivity index (χ4n) is 1.90. The molecule has 0 bridgehead atoms. The van der Waals surface area contributed by atoms with Crippen LogP contribution in [0.15, 0.2) is 29.8 Å². The summed E-state index contributed by atoms with van der Waals surface area (Å²) >= 11 is 0. The molecule has 4 heteroatoms. The third kappa shape index (κ3) is 6.27. The summed E-state index contributed by atoms with van der Waals surface area (Å²) in [6.45, 7) is 11.2. The van der Waals surface area contributed by atoms with Gasteiger partial charge in [0, 0.05) is 0 Å². The number of carbonyl (C=O) groups is 2. The fourth-order valence-corrected chi connectivity index (χ4v) is 1.90. The minimum absolute atomic E-state index is 0.0929. The molecule has 1 aromatic rings. The second kappa shape index (κ2) is 8.51. The standard InChI is InChI=1S/C19H26O4/c1-12(2)16-9-7-15(8-10-16)11-17(18(20)22-13(3)4)19(21)23-14(5)6/h7-14H,1-6H3. The predicted molar refractivity (Wildman–Crippen MR) is 91.0 cm³/mol.